The molecule has 0 aliphatic rings. The maximum atomic E-state index is 5.99. The van der Waals surface area contributed by atoms with Crippen molar-refractivity contribution in [3.8, 4) is 0 Å². The zero-order valence-corrected chi connectivity index (χ0v) is 8.39. The second-order valence-electron chi connectivity index (χ2n) is 3.28. The third kappa shape index (κ3) is 1.40. The summed E-state index contributed by atoms with van der Waals surface area (Å²) in [6.07, 6.45) is 1.74. The van der Waals surface area contributed by atoms with Gasteiger partial charge in [0.05, 0.1) is 0 Å². The minimum Gasteiger partial charge on any atom is -0.244 e. The van der Waals surface area contributed by atoms with Crippen LogP contribution in [0.25, 0.3) is 10.8 Å². The van der Waals surface area contributed by atoms with Crippen LogP contribution in [0.5, 0.6) is 0 Å². The van der Waals surface area contributed by atoms with E-state index in [0.717, 1.165) is 5.39 Å². The summed E-state index contributed by atoms with van der Waals surface area (Å²) in [5, 5.41) is 2.82. The van der Waals surface area contributed by atoms with Gasteiger partial charge in [-0.2, -0.15) is 0 Å². The zero-order chi connectivity index (χ0) is 9.42. The lowest BCUT2D eigenvalue weighted by atomic mass is 10.0. The van der Waals surface area contributed by atoms with Crippen LogP contribution < -0.4 is 0 Å². The fourth-order valence-electron chi connectivity index (χ4n) is 1.62. The van der Waals surface area contributed by atoms with E-state index in [0.29, 0.717) is 5.15 Å². The lowest BCUT2D eigenvalue weighted by Crippen LogP contribution is -1.84. The summed E-state index contributed by atoms with van der Waals surface area (Å²) in [5.74, 6) is 0. The highest BCUT2D eigenvalue weighted by Crippen LogP contribution is 2.24. The highest BCUT2D eigenvalue weighted by Gasteiger charge is 2.02. The summed E-state index contributed by atoms with van der Waals surface area (Å²) < 4.78 is 0. The Balaban J connectivity index is 2.94. The fraction of sp³-hybridized carbons (Fsp3) is 0.182. The Morgan fingerprint density at radius 1 is 1.15 bits per heavy atom. The molecule has 0 bridgehead atoms. The fourth-order valence-corrected chi connectivity index (χ4v) is 1.83. The van der Waals surface area contributed by atoms with E-state index in [1.165, 1.54) is 16.5 Å². The highest BCUT2D eigenvalue weighted by atomic mass is 35.5. The van der Waals surface area contributed by atoms with E-state index in [1.807, 2.05) is 6.07 Å². The lowest BCUT2D eigenvalue weighted by molar-refractivity contribution is 1.34. The van der Waals surface area contributed by atoms with Gasteiger partial charge in [-0.05, 0) is 36.9 Å². The molecule has 0 atom stereocenters. The van der Waals surface area contributed by atoms with Crippen LogP contribution in [-0.4, -0.2) is 4.98 Å². The molecule has 1 aromatic heterocycles. The molecular formula is C11H10ClN. The van der Waals surface area contributed by atoms with Crippen LogP contribution in [0.3, 0.4) is 0 Å². The van der Waals surface area contributed by atoms with Crippen molar-refractivity contribution in [2.45, 2.75) is 13.8 Å². The van der Waals surface area contributed by atoms with Crippen molar-refractivity contribution in [3.63, 3.8) is 0 Å². The smallest absolute Gasteiger partial charge is 0.136 e. The number of fused-ring (bicyclic) bond motifs is 1. The number of halogens is 1. The number of aromatic nitrogens is 1. The molecular weight excluding hydrogens is 182 g/mol. The Morgan fingerprint density at radius 3 is 2.69 bits per heavy atom. The van der Waals surface area contributed by atoms with Gasteiger partial charge in [0.1, 0.15) is 5.15 Å². The first-order valence-electron chi connectivity index (χ1n) is 4.20. The molecule has 0 aliphatic heterocycles. The number of pyridine rings is 1. The second kappa shape index (κ2) is 3.00. The molecule has 0 saturated heterocycles. The molecule has 0 fully saturated rings. The molecule has 1 nitrogen and oxygen atoms in total. The van der Waals surface area contributed by atoms with E-state index in [2.05, 4.69) is 31.0 Å². The van der Waals surface area contributed by atoms with Crippen LogP contribution in [0.2, 0.25) is 5.15 Å². The van der Waals surface area contributed by atoms with Crippen molar-refractivity contribution in [1.82, 2.24) is 4.98 Å². The monoisotopic (exact) mass is 191 g/mol. The van der Waals surface area contributed by atoms with Gasteiger partial charge in [0.25, 0.3) is 0 Å². The number of aryl methyl sites for hydroxylation is 2. The molecule has 1 heterocycles. The van der Waals surface area contributed by atoms with Gasteiger partial charge in [-0.15, -0.1) is 0 Å². The molecule has 0 spiro atoms. The van der Waals surface area contributed by atoms with E-state index < -0.39 is 0 Å². The highest BCUT2D eigenvalue weighted by molar-refractivity contribution is 6.34. The van der Waals surface area contributed by atoms with Crippen LogP contribution in [0.4, 0.5) is 0 Å². The molecule has 2 heteroatoms. The molecule has 1 aromatic carbocycles. The number of rotatable bonds is 0. The van der Waals surface area contributed by atoms with Crippen LogP contribution in [0, 0.1) is 13.8 Å². The van der Waals surface area contributed by atoms with Crippen molar-refractivity contribution >= 4 is 22.4 Å². The first-order chi connectivity index (χ1) is 6.18. The first kappa shape index (κ1) is 8.52. The van der Waals surface area contributed by atoms with E-state index in [-0.39, 0.29) is 0 Å². The molecule has 0 radical (unpaired) electrons. The topological polar surface area (TPSA) is 12.9 Å². The van der Waals surface area contributed by atoms with Crippen LogP contribution in [0.15, 0.2) is 24.4 Å². The molecule has 0 aliphatic carbocycles. The van der Waals surface area contributed by atoms with Gasteiger partial charge in [0.15, 0.2) is 0 Å². The van der Waals surface area contributed by atoms with Gasteiger partial charge in [-0.25, -0.2) is 4.98 Å². The Hall–Kier alpha value is -1.08. The van der Waals surface area contributed by atoms with Crippen molar-refractivity contribution in [3.05, 3.63) is 40.7 Å². The van der Waals surface area contributed by atoms with Gasteiger partial charge in [-0.1, -0.05) is 23.2 Å². The van der Waals surface area contributed by atoms with Gasteiger partial charge in [0, 0.05) is 11.6 Å². The van der Waals surface area contributed by atoms with Gasteiger partial charge < -0.3 is 0 Å². The molecule has 2 aromatic rings. The summed E-state index contributed by atoms with van der Waals surface area (Å²) in [7, 11) is 0. The molecule has 66 valence electrons. The lowest BCUT2D eigenvalue weighted by Gasteiger charge is -2.04. The van der Waals surface area contributed by atoms with Gasteiger partial charge in [0.2, 0.25) is 0 Å². The minimum absolute atomic E-state index is 0.587. The Labute approximate surface area is 82.4 Å². The Bertz CT molecular complexity index is 463. The molecule has 0 unspecified atom stereocenters. The second-order valence-corrected chi connectivity index (χ2v) is 3.64. The summed E-state index contributed by atoms with van der Waals surface area (Å²) in [6, 6.07) is 6.21. The quantitative estimate of drug-likeness (QED) is 0.581. The van der Waals surface area contributed by atoms with Crippen molar-refractivity contribution in [2.75, 3.05) is 0 Å². The van der Waals surface area contributed by atoms with Gasteiger partial charge >= 0.3 is 0 Å². The average molecular weight is 192 g/mol. The summed E-state index contributed by atoms with van der Waals surface area (Å²) in [6.45, 7) is 4.15. The SMILES string of the molecule is Cc1cc(C)c2ccnc(Cl)c2c1. The van der Waals surface area contributed by atoms with Gasteiger partial charge in [-0.3, -0.25) is 0 Å². The normalized spacial score (nSPS) is 10.7. The van der Waals surface area contributed by atoms with Crippen molar-refractivity contribution < 1.29 is 0 Å². The van der Waals surface area contributed by atoms with E-state index in [9.17, 15) is 0 Å². The molecule has 13 heavy (non-hydrogen) atoms. The summed E-state index contributed by atoms with van der Waals surface area (Å²) in [5.41, 5.74) is 2.47. The average Bonchev–Trinajstić information content (AvgIpc) is 2.07. The molecule has 0 amide bonds. The van der Waals surface area contributed by atoms with Crippen molar-refractivity contribution in [1.29, 1.82) is 0 Å². The van der Waals surface area contributed by atoms with E-state index >= 15 is 0 Å². The third-order valence-electron chi connectivity index (χ3n) is 2.18. The van der Waals surface area contributed by atoms with Crippen LogP contribution >= 0.6 is 11.6 Å². The number of benzene rings is 1. The third-order valence-corrected chi connectivity index (χ3v) is 2.48. The predicted octanol–water partition coefficient (Wildman–Crippen LogP) is 3.51. The van der Waals surface area contributed by atoms with E-state index in [4.69, 9.17) is 11.6 Å². The standard InChI is InChI=1S/C11H10ClN/c1-7-5-8(2)9-3-4-13-11(12)10(9)6-7/h3-6H,1-2H3. The summed E-state index contributed by atoms with van der Waals surface area (Å²) in [4.78, 5) is 4.05. The van der Waals surface area contributed by atoms with Crippen LogP contribution in [-0.2, 0) is 0 Å². The van der Waals surface area contributed by atoms with E-state index in [1.54, 1.807) is 6.20 Å². The number of nitrogens with zero attached hydrogens (tertiary/aromatic N) is 1. The largest absolute Gasteiger partial charge is 0.244 e. The molecule has 0 N–H and O–H groups in total. The number of hydrogen-bond donors (Lipinski definition) is 0. The molecule has 0 saturated carbocycles. The molecule has 2 rings (SSSR count). The first-order valence-corrected chi connectivity index (χ1v) is 4.58. The maximum Gasteiger partial charge on any atom is 0.136 e. The number of hydrogen-bond acceptors (Lipinski definition) is 1. The van der Waals surface area contributed by atoms with Crippen LogP contribution in [0.1, 0.15) is 11.1 Å². The zero-order valence-electron chi connectivity index (χ0n) is 7.63. The summed E-state index contributed by atoms with van der Waals surface area (Å²) >= 11 is 5.99. The maximum absolute atomic E-state index is 5.99. The Morgan fingerprint density at radius 2 is 1.92 bits per heavy atom. The minimum atomic E-state index is 0.587. The van der Waals surface area contributed by atoms with Crippen molar-refractivity contribution in [2.24, 2.45) is 0 Å². The predicted molar refractivity (Wildman–Crippen MR) is 56.2 cm³/mol. The Kier molecular flexibility index (Phi) is 1.97.